The van der Waals surface area contributed by atoms with Gasteiger partial charge in [0.25, 0.3) is 5.56 Å². The summed E-state index contributed by atoms with van der Waals surface area (Å²) in [7, 11) is 0. The Morgan fingerprint density at radius 1 is 1.56 bits per heavy atom. The first-order chi connectivity index (χ1) is 8.35. The van der Waals surface area contributed by atoms with Crippen molar-refractivity contribution in [2.24, 2.45) is 5.41 Å². The Balaban J connectivity index is 2.68. The standard InChI is InChI=1S/C13H16N2O3/c1-13(2,9-14)5-3-6-15-7-4-10(12(17)18)8-11(15)16/h4,7-8H,3,5-6H2,1-2H3,(H,17,18). The number of aromatic nitrogens is 1. The van der Waals surface area contributed by atoms with E-state index in [0.29, 0.717) is 19.4 Å². The molecular weight excluding hydrogens is 232 g/mol. The predicted molar refractivity (Wildman–Crippen MR) is 66.3 cm³/mol. The van der Waals surface area contributed by atoms with Crippen LogP contribution in [0.3, 0.4) is 0 Å². The van der Waals surface area contributed by atoms with Gasteiger partial charge in [0.1, 0.15) is 0 Å². The molecule has 1 N–H and O–H groups in total. The SMILES string of the molecule is CC(C)(C#N)CCCn1ccc(C(=O)O)cc1=O. The number of aryl methyl sites for hydroxylation is 1. The number of hydrogen-bond acceptors (Lipinski definition) is 3. The van der Waals surface area contributed by atoms with Crippen molar-refractivity contribution in [3.05, 3.63) is 34.2 Å². The lowest BCUT2D eigenvalue weighted by molar-refractivity contribution is 0.0696. The topological polar surface area (TPSA) is 83.1 Å². The highest BCUT2D eigenvalue weighted by Crippen LogP contribution is 2.20. The number of rotatable bonds is 5. The van der Waals surface area contributed by atoms with Gasteiger partial charge < -0.3 is 9.67 Å². The summed E-state index contributed by atoms with van der Waals surface area (Å²) in [6, 6.07) is 4.71. The van der Waals surface area contributed by atoms with Crippen LogP contribution in [0.5, 0.6) is 0 Å². The van der Waals surface area contributed by atoms with Crippen molar-refractivity contribution in [2.75, 3.05) is 0 Å². The Hall–Kier alpha value is -2.09. The number of carboxylic acids is 1. The van der Waals surface area contributed by atoms with Gasteiger partial charge in [-0.2, -0.15) is 5.26 Å². The lowest BCUT2D eigenvalue weighted by Crippen LogP contribution is -2.21. The number of nitrogens with zero attached hydrogens (tertiary/aromatic N) is 2. The van der Waals surface area contributed by atoms with E-state index in [1.54, 1.807) is 0 Å². The number of aromatic carboxylic acids is 1. The van der Waals surface area contributed by atoms with E-state index in [1.807, 2.05) is 13.8 Å². The van der Waals surface area contributed by atoms with Crippen molar-refractivity contribution in [1.82, 2.24) is 4.57 Å². The molecule has 0 spiro atoms. The number of pyridine rings is 1. The highest BCUT2D eigenvalue weighted by Gasteiger charge is 2.15. The molecular formula is C13H16N2O3. The van der Waals surface area contributed by atoms with Gasteiger partial charge >= 0.3 is 5.97 Å². The minimum Gasteiger partial charge on any atom is -0.478 e. The van der Waals surface area contributed by atoms with Gasteiger partial charge in [-0.25, -0.2) is 4.79 Å². The molecule has 0 amide bonds. The number of carboxylic acid groups (broad SMARTS) is 1. The Morgan fingerprint density at radius 3 is 2.72 bits per heavy atom. The summed E-state index contributed by atoms with van der Waals surface area (Å²) in [5.41, 5.74) is -0.733. The zero-order valence-electron chi connectivity index (χ0n) is 10.5. The van der Waals surface area contributed by atoms with Crippen LogP contribution in [0.15, 0.2) is 23.1 Å². The molecule has 1 aromatic heterocycles. The normalized spacial score (nSPS) is 10.9. The van der Waals surface area contributed by atoms with E-state index in [1.165, 1.54) is 16.8 Å². The van der Waals surface area contributed by atoms with Crippen LogP contribution >= 0.6 is 0 Å². The first-order valence-corrected chi connectivity index (χ1v) is 5.71. The Labute approximate surface area is 105 Å². The molecule has 0 bridgehead atoms. The van der Waals surface area contributed by atoms with E-state index in [9.17, 15) is 9.59 Å². The monoisotopic (exact) mass is 248 g/mol. The van der Waals surface area contributed by atoms with E-state index in [-0.39, 0.29) is 11.1 Å². The molecule has 18 heavy (non-hydrogen) atoms. The van der Waals surface area contributed by atoms with Gasteiger partial charge in [-0.05, 0) is 32.8 Å². The molecule has 0 radical (unpaired) electrons. The van der Waals surface area contributed by atoms with Crippen molar-refractivity contribution in [3.8, 4) is 6.07 Å². The van der Waals surface area contributed by atoms with Crippen LogP contribution in [0.2, 0.25) is 0 Å². The van der Waals surface area contributed by atoms with Gasteiger partial charge in [-0.15, -0.1) is 0 Å². The first kappa shape index (κ1) is 14.0. The second-order valence-corrected chi connectivity index (χ2v) is 4.85. The third kappa shape index (κ3) is 3.74. The number of nitriles is 1. The average Bonchev–Trinajstić information content (AvgIpc) is 2.31. The third-order valence-electron chi connectivity index (χ3n) is 2.75. The zero-order chi connectivity index (χ0) is 13.8. The van der Waals surface area contributed by atoms with Crippen molar-refractivity contribution in [3.63, 3.8) is 0 Å². The lowest BCUT2D eigenvalue weighted by Gasteiger charge is -2.14. The molecule has 0 aliphatic rings. The fourth-order valence-corrected chi connectivity index (χ4v) is 1.57. The van der Waals surface area contributed by atoms with E-state index >= 15 is 0 Å². The van der Waals surface area contributed by atoms with Crippen LogP contribution in [0, 0.1) is 16.7 Å². The Kier molecular flexibility index (Phi) is 4.27. The molecule has 0 aromatic carbocycles. The molecule has 5 nitrogen and oxygen atoms in total. The largest absolute Gasteiger partial charge is 0.478 e. The molecule has 96 valence electrons. The van der Waals surface area contributed by atoms with E-state index in [0.717, 1.165) is 6.07 Å². The zero-order valence-corrected chi connectivity index (χ0v) is 10.5. The maximum atomic E-state index is 11.6. The highest BCUT2D eigenvalue weighted by atomic mass is 16.4. The van der Waals surface area contributed by atoms with Gasteiger partial charge in [0, 0.05) is 18.8 Å². The van der Waals surface area contributed by atoms with E-state index in [2.05, 4.69) is 6.07 Å². The molecule has 5 heteroatoms. The van der Waals surface area contributed by atoms with Gasteiger partial charge in [0.15, 0.2) is 0 Å². The summed E-state index contributed by atoms with van der Waals surface area (Å²) in [6.45, 7) is 4.19. The Bertz CT molecular complexity index is 538. The molecule has 1 heterocycles. The molecule has 0 fully saturated rings. The second kappa shape index (κ2) is 5.50. The quantitative estimate of drug-likeness (QED) is 0.862. The van der Waals surface area contributed by atoms with Crippen molar-refractivity contribution in [1.29, 1.82) is 5.26 Å². The molecule has 0 saturated heterocycles. The van der Waals surface area contributed by atoms with Crippen LogP contribution < -0.4 is 5.56 Å². The van der Waals surface area contributed by atoms with E-state index in [4.69, 9.17) is 10.4 Å². The van der Waals surface area contributed by atoms with Gasteiger partial charge in [0.2, 0.25) is 0 Å². The summed E-state index contributed by atoms with van der Waals surface area (Å²) >= 11 is 0. The smallest absolute Gasteiger partial charge is 0.335 e. The van der Waals surface area contributed by atoms with Gasteiger partial charge in [0.05, 0.1) is 17.0 Å². The molecule has 0 atom stereocenters. The van der Waals surface area contributed by atoms with Crippen molar-refractivity contribution >= 4 is 5.97 Å². The second-order valence-electron chi connectivity index (χ2n) is 4.85. The summed E-state index contributed by atoms with van der Waals surface area (Å²) in [5.74, 6) is -1.11. The van der Waals surface area contributed by atoms with Crippen LogP contribution in [-0.4, -0.2) is 15.6 Å². The van der Waals surface area contributed by atoms with Gasteiger partial charge in [-0.1, -0.05) is 0 Å². The van der Waals surface area contributed by atoms with E-state index < -0.39 is 11.4 Å². The maximum absolute atomic E-state index is 11.6. The lowest BCUT2D eigenvalue weighted by atomic mass is 9.90. The van der Waals surface area contributed by atoms with Crippen molar-refractivity contribution in [2.45, 2.75) is 33.2 Å². The van der Waals surface area contributed by atoms with Crippen LogP contribution in [-0.2, 0) is 6.54 Å². The molecule has 0 aliphatic heterocycles. The maximum Gasteiger partial charge on any atom is 0.335 e. The molecule has 0 aliphatic carbocycles. The summed E-state index contributed by atoms with van der Waals surface area (Å²) in [4.78, 5) is 22.3. The molecule has 1 rings (SSSR count). The average molecular weight is 248 g/mol. The fraction of sp³-hybridized carbons (Fsp3) is 0.462. The summed E-state index contributed by atoms with van der Waals surface area (Å²) < 4.78 is 1.46. The molecule has 0 unspecified atom stereocenters. The predicted octanol–water partition coefficient (Wildman–Crippen LogP) is 1.88. The molecule has 0 saturated carbocycles. The summed E-state index contributed by atoms with van der Waals surface area (Å²) in [5, 5.41) is 17.6. The highest BCUT2D eigenvalue weighted by molar-refractivity contribution is 5.87. The van der Waals surface area contributed by atoms with Crippen LogP contribution in [0.4, 0.5) is 0 Å². The minimum atomic E-state index is -1.11. The Morgan fingerprint density at radius 2 is 2.22 bits per heavy atom. The third-order valence-corrected chi connectivity index (χ3v) is 2.75. The first-order valence-electron chi connectivity index (χ1n) is 5.71. The van der Waals surface area contributed by atoms with Crippen LogP contribution in [0.25, 0.3) is 0 Å². The number of carbonyl (C=O) groups is 1. The molecule has 1 aromatic rings. The minimum absolute atomic E-state index is 0.00592. The fourth-order valence-electron chi connectivity index (χ4n) is 1.57. The number of hydrogen-bond donors (Lipinski definition) is 1. The van der Waals surface area contributed by atoms with Crippen molar-refractivity contribution < 1.29 is 9.90 Å². The van der Waals surface area contributed by atoms with Crippen LogP contribution in [0.1, 0.15) is 37.0 Å². The summed E-state index contributed by atoms with van der Waals surface area (Å²) in [6.07, 6.45) is 2.87. The van der Waals surface area contributed by atoms with Gasteiger partial charge in [-0.3, -0.25) is 4.79 Å².